The predicted molar refractivity (Wildman–Crippen MR) is 88.7 cm³/mol. The first kappa shape index (κ1) is 16.4. The van der Waals surface area contributed by atoms with Crippen LogP contribution in [0.3, 0.4) is 0 Å². The van der Waals surface area contributed by atoms with Crippen molar-refractivity contribution in [3.63, 3.8) is 0 Å². The Morgan fingerprint density at radius 3 is 2.95 bits per heavy atom. The number of fused-ring (bicyclic) bond motifs is 1. The molecule has 1 aliphatic carbocycles. The summed E-state index contributed by atoms with van der Waals surface area (Å²) in [6.45, 7) is 5.51. The second-order valence-electron chi connectivity index (χ2n) is 5.32. The first-order valence-electron chi connectivity index (χ1n) is 7.84. The molecule has 0 amide bonds. The van der Waals surface area contributed by atoms with Crippen LogP contribution in [0.15, 0.2) is 24.3 Å². The Kier molecular flexibility index (Phi) is 6.58. The lowest BCUT2D eigenvalue weighted by molar-refractivity contribution is -0.139. The predicted octanol–water partition coefficient (Wildman–Crippen LogP) is 3.34. The summed E-state index contributed by atoms with van der Waals surface area (Å²) >= 11 is 1.73. The van der Waals surface area contributed by atoms with E-state index >= 15 is 0 Å². The Morgan fingerprint density at radius 1 is 1.38 bits per heavy atom. The summed E-state index contributed by atoms with van der Waals surface area (Å²) in [5.41, 5.74) is 2.85. The number of ether oxygens (including phenoxy) is 1. The van der Waals surface area contributed by atoms with Crippen molar-refractivity contribution in [3.05, 3.63) is 35.4 Å². The SMILES string of the molecule is CCCNC1c2ccccc2CCC1SCC(=O)OCC. The number of nitrogens with one attached hydrogen (secondary N) is 1. The van der Waals surface area contributed by atoms with Gasteiger partial charge >= 0.3 is 5.97 Å². The first-order valence-corrected chi connectivity index (χ1v) is 8.89. The summed E-state index contributed by atoms with van der Waals surface area (Å²) < 4.78 is 5.04. The minimum Gasteiger partial charge on any atom is -0.465 e. The van der Waals surface area contributed by atoms with Gasteiger partial charge in [0.25, 0.3) is 0 Å². The summed E-state index contributed by atoms with van der Waals surface area (Å²) in [5.74, 6) is 0.348. The van der Waals surface area contributed by atoms with Crippen LogP contribution >= 0.6 is 11.8 Å². The van der Waals surface area contributed by atoms with Crippen LogP contribution in [0.25, 0.3) is 0 Å². The Bertz CT molecular complexity index is 464. The summed E-state index contributed by atoms with van der Waals surface area (Å²) in [6, 6.07) is 9.01. The van der Waals surface area contributed by atoms with Crippen molar-refractivity contribution in [2.75, 3.05) is 18.9 Å². The molecule has 2 rings (SSSR count). The monoisotopic (exact) mass is 307 g/mol. The van der Waals surface area contributed by atoms with Gasteiger partial charge in [0.2, 0.25) is 0 Å². The Balaban J connectivity index is 2.04. The van der Waals surface area contributed by atoms with Gasteiger partial charge in [-0.15, -0.1) is 11.8 Å². The number of hydrogen-bond acceptors (Lipinski definition) is 4. The summed E-state index contributed by atoms with van der Waals surface area (Å²) in [4.78, 5) is 11.6. The third-order valence-electron chi connectivity index (χ3n) is 3.79. The molecule has 0 radical (unpaired) electrons. The van der Waals surface area contributed by atoms with Gasteiger partial charge in [0, 0.05) is 11.3 Å². The maximum atomic E-state index is 11.6. The fourth-order valence-corrected chi connectivity index (χ4v) is 3.98. The molecular formula is C17H25NO2S. The Hall–Kier alpha value is -1.00. The van der Waals surface area contributed by atoms with Crippen LogP contribution in [-0.2, 0) is 16.0 Å². The van der Waals surface area contributed by atoms with Crippen molar-refractivity contribution >= 4 is 17.7 Å². The molecule has 1 aromatic rings. The van der Waals surface area contributed by atoms with Crippen LogP contribution in [0.5, 0.6) is 0 Å². The van der Waals surface area contributed by atoms with Crippen molar-refractivity contribution in [2.45, 2.75) is 44.4 Å². The van der Waals surface area contributed by atoms with Gasteiger partial charge in [0.15, 0.2) is 0 Å². The van der Waals surface area contributed by atoms with Crippen molar-refractivity contribution in [2.24, 2.45) is 0 Å². The standard InChI is InChI=1S/C17H25NO2S/c1-3-11-18-17-14-8-6-5-7-13(14)9-10-15(17)21-12-16(19)20-4-2/h5-8,15,17-18H,3-4,9-12H2,1-2H3. The molecule has 4 heteroatoms. The third-order valence-corrected chi connectivity index (χ3v) is 5.13. The van der Waals surface area contributed by atoms with E-state index in [0.29, 0.717) is 23.7 Å². The molecule has 0 saturated carbocycles. The molecule has 2 atom stereocenters. The lowest BCUT2D eigenvalue weighted by Crippen LogP contribution is -2.35. The third kappa shape index (κ3) is 4.48. The minimum atomic E-state index is -0.101. The molecule has 116 valence electrons. The van der Waals surface area contributed by atoms with E-state index in [9.17, 15) is 4.79 Å². The molecule has 1 aromatic carbocycles. The largest absolute Gasteiger partial charge is 0.465 e. The topological polar surface area (TPSA) is 38.3 Å². The zero-order valence-electron chi connectivity index (χ0n) is 12.9. The van der Waals surface area contributed by atoms with E-state index in [0.717, 1.165) is 25.8 Å². The average Bonchev–Trinajstić information content (AvgIpc) is 2.51. The highest BCUT2D eigenvalue weighted by molar-refractivity contribution is 8.00. The van der Waals surface area contributed by atoms with Gasteiger partial charge in [-0.05, 0) is 43.9 Å². The lowest BCUT2D eigenvalue weighted by Gasteiger charge is -2.34. The maximum absolute atomic E-state index is 11.6. The van der Waals surface area contributed by atoms with Crippen LogP contribution in [0.1, 0.15) is 43.9 Å². The number of aryl methyl sites for hydroxylation is 1. The number of esters is 1. The zero-order valence-corrected chi connectivity index (χ0v) is 13.7. The van der Waals surface area contributed by atoms with Gasteiger partial charge in [-0.3, -0.25) is 4.79 Å². The summed E-state index contributed by atoms with van der Waals surface area (Å²) in [5, 5.41) is 4.10. The molecule has 0 spiro atoms. The van der Waals surface area contributed by atoms with Crippen LogP contribution < -0.4 is 5.32 Å². The Labute approximate surface area is 131 Å². The fraction of sp³-hybridized carbons (Fsp3) is 0.588. The average molecular weight is 307 g/mol. The molecule has 0 saturated heterocycles. The van der Waals surface area contributed by atoms with Crippen molar-refractivity contribution in [1.82, 2.24) is 5.32 Å². The highest BCUT2D eigenvalue weighted by Crippen LogP contribution is 2.36. The second-order valence-corrected chi connectivity index (χ2v) is 6.55. The van der Waals surface area contributed by atoms with E-state index in [1.54, 1.807) is 11.8 Å². The van der Waals surface area contributed by atoms with Crippen molar-refractivity contribution < 1.29 is 9.53 Å². The van der Waals surface area contributed by atoms with Gasteiger partial charge in [-0.1, -0.05) is 31.2 Å². The highest BCUT2D eigenvalue weighted by Gasteiger charge is 2.29. The number of carbonyl (C=O) groups excluding carboxylic acids is 1. The number of hydrogen-bond donors (Lipinski definition) is 1. The number of rotatable bonds is 7. The van der Waals surface area contributed by atoms with Crippen LogP contribution in [0.4, 0.5) is 0 Å². The minimum absolute atomic E-state index is 0.101. The first-order chi connectivity index (χ1) is 10.3. The van der Waals surface area contributed by atoms with E-state index < -0.39 is 0 Å². The summed E-state index contributed by atoms with van der Waals surface area (Å²) in [6.07, 6.45) is 3.33. The molecule has 1 N–H and O–H groups in total. The zero-order chi connectivity index (χ0) is 15.1. The van der Waals surface area contributed by atoms with Crippen molar-refractivity contribution in [1.29, 1.82) is 0 Å². The van der Waals surface area contributed by atoms with Crippen molar-refractivity contribution in [3.8, 4) is 0 Å². The molecule has 0 aromatic heterocycles. The van der Waals surface area contributed by atoms with Crippen LogP contribution in [0.2, 0.25) is 0 Å². The molecule has 2 unspecified atom stereocenters. The molecule has 1 aliphatic rings. The number of thioether (sulfide) groups is 1. The fourth-order valence-electron chi connectivity index (χ4n) is 2.83. The molecule has 0 bridgehead atoms. The quantitative estimate of drug-likeness (QED) is 0.784. The second kappa shape index (κ2) is 8.44. The molecular weight excluding hydrogens is 282 g/mol. The molecule has 3 nitrogen and oxygen atoms in total. The van der Waals surface area contributed by atoms with Gasteiger partial charge in [0.05, 0.1) is 12.4 Å². The van der Waals surface area contributed by atoms with E-state index in [2.05, 4.69) is 36.5 Å². The smallest absolute Gasteiger partial charge is 0.315 e. The highest BCUT2D eigenvalue weighted by atomic mass is 32.2. The van der Waals surface area contributed by atoms with Crippen LogP contribution in [-0.4, -0.2) is 30.1 Å². The lowest BCUT2D eigenvalue weighted by atomic mass is 9.87. The molecule has 0 fully saturated rings. The van der Waals surface area contributed by atoms with E-state index in [4.69, 9.17) is 4.74 Å². The summed E-state index contributed by atoms with van der Waals surface area (Å²) in [7, 11) is 0. The van der Waals surface area contributed by atoms with E-state index in [-0.39, 0.29) is 5.97 Å². The normalized spacial score (nSPS) is 20.9. The Morgan fingerprint density at radius 2 is 2.19 bits per heavy atom. The van der Waals surface area contributed by atoms with Gasteiger partial charge in [0.1, 0.15) is 0 Å². The van der Waals surface area contributed by atoms with Gasteiger partial charge < -0.3 is 10.1 Å². The van der Waals surface area contributed by atoms with E-state index in [1.165, 1.54) is 11.1 Å². The van der Waals surface area contributed by atoms with Gasteiger partial charge in [-0.2, -0.15) is 0 Å². The maximum Gasteiger partial charge on any atom is 0.315 e. The number of benzene rings is 1. The molecule has 0 heterocycles. The number of carbonyl (C=O) groups is 1. The molecule has 21 heavy (non-hydrogen) atoms. The molecule has 0 aliphatic heterocycles. The van der Waals surface area contributed by atoms with Crippen LogP contribution in [0, 0.1) is 0 Å². The van der Waals surface area contributed by atoms with E-state index in [1.807, 2.05) is 6.92 Å². The van der Waals surface area contributed by atoms with Gasteiger partial charge in [-0.25, -0.2) is 0 Å².